The molecule has 5 nitrogen and oxygen atoms in total. The average molecular weight is 541 g/mol. The van der Waals surface area contributed by atoms with E-state index in [0.29, 0.717) is 12.0 Å². The van der Waals surface area contributed by atoms with E-state index < -0.39 is 0 Å². The predicted octanol–water partition coefficient (Wildman–Crippen LogP) is 6.29. The smallest absolute Gasteiger partial charge is 0.0517 e. The van der Waals surface area contributed by atoms with Crippen molar-refractivity contribution in [1.29, 1.82) is 0 Å². The third-order valence-corrected chi connectivity index (χ3v) is 7.80. The fourth-order valence-electron chi connectivity index (χ4n) is 5.85. The van der Waals surface area contributed by atoms with Crippen molar-refractivity contribution in [2.75, 3.05) is 32.8 Å². The molecule has 3 aromatic rings. The van der Waals surface area contributed by atoms with Gasteiger partial charge in [-0.3, -0.25) is 4.90 Å². The van der Waals surface area contributed by atoms with E-state index in [1.54, 1.807) is 6.92 Å². The molecule has 1 fully saturated rings. The molecule has 1 aromatic heterocycles. The Bertz CT molecular complexity index is 1290. The number of aryl methyl sites for hydroxylation is 2. The number of nitrogens with one attached hydrogen (secondary N) is 2. The van der Waals surface area contributed by atoms with Gasteiger partial charge in [0.05, 0.1) is 5.52 Å². The second-order valence-corrected chi connectivity index (χ2v) is 11.2. The number of nitrogens with zero attached hydrogens (tertiary/aromatic N) is 2. The zero-order valence-corrected chi connectivity index (χ0v) is 24.7. The Morgan fingerprint density at radius 3 is 2.70 bits per heavy atom. The Morgan fingerprint density at radius 2 is 1.93 bits per heavy atom. The van der Waals surface area contributed by atoms with Crippen LogP contribution in [0.15, 0.2) is 85.1 Å². The quantitative estimate of drug-likeness (QED) is 0.250. The van der Waals surface area contributed by atoms with Gasteiger partial charge in [-0.05, 0) is 62.3 Å². The molecule has 0 radical (unpaired) electrons. The van der Waals surface area contributed by atoms with E-state index in [-0.39, 0.29) is 6.61 Å². The van der Waals surface area contributed by atoms with Crippen molar-refractivity contribution in [3.63, 3.8) is 0 Å². The zero-order chi connectivity index (χ0) is 28.3. The highest BCUT2D eigenvalue weighted by Gasteiger charge is 2.21. The minimum Gasteiger partial charge on any atom is -0.397 e. The summed E-state index contributed by atoms with van der Waals surface area (Å²) >= 11 is 0. The summed E-state index contributed by atoms with van der Waals surface area (Å²) in [6.07, 6.45) is 12.7. The van der Waals surface area contributed by atoms with E-state index in [1.807, 2.05) is 0 Å². The molecule has 3 N–H and O–H groups in total. The summed E-state index contributed by atoms with van der Waals surface area (Å²) in [6, 6.07) is 18.0. The minimum absolute atomic E-state index is 0.250. The molecule has 2 aliphatic rings. The van der Waals surface area contributed by atoms with Gasteiger partial charge in [-0.1, -0.05) is 80.3 Å². The number of benzene rings is 2. The van der Waals surface area contributed by atoms with E-state index in [4.69, 9.17) is 5.11 Å². The van der Waals surface area contributed by atoms with Crippen molar-refractivity contribution in [1.82, 2.24) is 20.1 Å². The number of para-hydroxylation sites is 1. The lowest BCUT2D eigenvalue weighted by Crippen LogP contribution is -2.33. The number of hydrogen-bond acceptors (Lipinski definition) is 4. The molecule has 0 amide bonds. The molecule has 1 aliphatic heterocycles. The van der Waals surface area contributed by atoms with Crippen LogP contribution in [0.2, 0.25) is 0 Å². The van der Waals surface area contributed by atoms with E-state index in [0.717, 1.165) is 51.3 Å². The molecule has 5 heteroatoms. The van der Waals surface area contributed by atoms with E-state index in [1.165, 1.54) is 46.1 Å². The number of hydrogen-bond donors (Lipinski definition) is 3. The molecule has 0 spiro atoms. The number of likely N-dealkylation sites (tertiary alicyclic amines) is 1. The van der Waals surface area contributed by atoms with Gasteiger partial charge in [-0.2, -0.15) is 0 Å². The maximum Gasteiger partial charge on any atom is 0.0517 e. The van der Waals surface area contributed by atoms with Gasteiger partial charge in [0.2, 0.25) is 0 Å². The van der Waals surface area contributed by atoms with Crippen LogP contribution in [0.5, 0.6) is 0 Å². The first kappa shape index (κ1) is 29.9. The number of rotatable bonds is 11. The summed E-state index contributed by atoms with van der Waals surface area (Å²) in [5, 5.41) is 16.3. The standard InChI is InChI=1S/C33H42N4.C2H6O/c1-25-10-7-14-29(20-25)21-35-27(3)32-24-37(33-26(2)11-8-15-31(32)33)18-9-17-34-30-16-19-36(23-30)22-28-12-5-4-6-13-28;1-2-3/h4-8,11-15,20,24-25,30,34-35H,3,9-10,16-19,21-23H2,1-2H3;3H,2H2,1H3. The van der Waals surface area contributed by atoms with Crippen LogP contribution in [-0.4, -0.2) is 53.4 Å². The Hall–Kier alpha value is -3.12. The summed E-state index contributed by atoms with van der Waals surface area (Å²) in [5.74, 6) is 0.615. The lowest BCUT2D eigenvalue weighted by atomic mass is 9.98. The molecule has 214 valence electrons. The molecule has 40 heavy (non-hydrogen) atoms. The summed E-state index contributed by atoms with van der Waals surface area (Å²) in [4.78, 5) is 2.57. The third kappa shape index (κ3) is 8.20. The van der Waals surface area contributed by atoms with Gasteiger partial charge in [0.15, 0.2) is 0 Å². The first-order valence-corrected chi connectivity index (χ1v) is 15.0. The molecule has 2 atom stereocenters. The minimum atomic E-state index is 0.250. The molecular formula is C35H48N4O. The van der Waals surface area contributed by atoms with Crippen molar-refractivity contribution < 1.29 is 5.11 Å². The topological polar surface area (TPSA) is 52.5 Å². The van der Waals surface area contributed by atoms with Crippen LogP contribution in [0.3, 0.4) is 0 Å². The molecule has 1 aliphatic carbocycles. The normalized spacial score (nSPS) is 18.9. The van der Waals surface area contributed by atoms with Crippen LogP contribution in [0.4, 0.5) is 0 Å². The van der Waals surface area contributed by atoms with E-state index >= 15 is 0 Å². The lowest BCUT2D eigenvalue weighted by molar-refractivity contribution is 0.318. The lowest BCUT2D eigenvalue weighted by Gasteiger charge is -2.17. The average Bonchev–Trinajstić information content (AvgIpc) is 3.56. The van der Waals surface area contributed by atoms with Crippen molar-refractivity contribution in [2.24, 2.45) is 5.92 Å². The van der Waals surface area contributed by atoms with Gasteiger partial charge in [0, 0.05) is 68.2 Å². The fraction of sp³-hybridized carbons (Fsp3) is 0.429. The van der Waals surface area contributed by atoms with Crippen LogP contribution < -0.4 is 10.6 Å². The number of aliphatic hydroxyl groups is 1. The molecule has 1 saturated heterocycles. The molecule has 0 bridgehead atoms. The van der Waals surface area contributed by atoms with Crippen LogP contribution in [0.25, 0.3) is 16.6 Å². The fourth-order valence-corrected chi connectivity index (χ4v) is 5.85. The Morgan fingerprint density at radius 1 is 1.12 bits per heavy atom. The van der Waals surface area contributed by atoms with Crippen molar-refractivity contribution in [3.8, 4) is 0 Å². The highest BCUT2D eigenvalue weighted by molar-refractivity contribution is 5.94. The van der Waals surface area contributed by atoms with E-state index in [9.17, 15) is 0 Å². The van der Waals surface area contributed by atoms with Gasteiger partial charge >= 0.3 is 0 Å². The Balaban J connectivity index is 0.00000118. The number of allylic oxidation sites excluding steroid dienone is 2. The molecule has 2 aromatic carbocycles. The maximum absolute atomic E-state index is 7.57. The van der Waals surface area contributed by atoms with Crippen LogP contribution in [0, 0.1) is 12.8 Å². The Labute approximate surface area is 241 Å². The monoisotopic (exact) mass is 540 g/mol. The first-order valence-electron chi connectivity index (χ1n) is 15.0. The Kier molecular flexibility index (Phi) is 11.2. The van der Waals surface area contributed by atoms with Gasteiger partial charge in [0.25, 0.3) is 0 Å². The number of aromatic nitrogens is 1. The highest BCUT2D eigenvalue weighted by atomic mass is 16.2. The van der Waals surface area contributed by atoms with Crippen molar-refractivity contribution >= 4 is 16.6 Å². The summed E-state index contributed by atoms with van der Waals surface area (Å²) in [6.45, 7) is 17.1. The SMILES string of the molecule is C=C(NCC1=CC(C)CC=C1)c1cn(CCCNC2CCN(Cc3ccccc3)C2)c2c(C)cccc12.CCO. The van der Waals surface area contributed by atoms with Gasteiger partial charge in [-0.15, -0.1) is 0 Å². The largest absolute Gasteiger partial charge is 0.397 e. The number of fused-ring (bicyclic) bond motifs is 1. The summed E-state index contributed by atoms with van der Waals surface area (Å²) in [7, 11) is 0. The third-order valence-electron chi connectivity index (χ3n) is 7.80. The van der Waals surface area contributed by atoms with Gasteiger partial charge in [0.1, 0.15) is 0 Å². The van der Waals surface area contributed by atoms with Crippen molar-refractivity contribution in [3.05, 3.63) is 102 Å². The summed E-state index contributed by atoms with van der Waals surface area (Å²) in [5.41, 5.74) is 7.63. The molecule has 2 heterocycles. The number of aliphatic hydroxyl groups excluding tert-OH is 1. The van der Waals surface area contributed by atoms with Crippen LogP contribution in [-0.2, 0) is 13.1 Å². The summed E-state index contributed by atoms with van der Waals surface area (Å²) < 4.78 is 2.44. The maximum atomic E-state index is 7.57. The first-order chi connectivity index (χ1) is 19.5. The molecule has 5 rings (SSSR count). The van der Waals surface area contributed by atoms with Crippen LogP contribution in [0.1, 0.15) is 49.8 Å². The highest BCUT2D eigenvalue weighted by Crippen LogP contribution is 2.28. The van der Waals surface area contributed by atoms with Gasteiger partial charge in [-0.25, -0.2) is 0 Å². The predicted molar refractivity (Wildman–Crippen MR) is 170 cm³/mol. The van der Waals surface area contributed by atoms with Gasteiger partial charge < -0.3 is 20.3 Å². The van der Waals surface area contributed by atoms with Crippen molar-refractivity contribution in [2.45, 2.75) is 59.2 Å². The second kappa shape index (κ2) is 15.0. The van der Waals surface area contributed by atoms with E-state index in [2.05, 4.69) is 113 Å². The zero-order valence-electron chi connectivity index (χ0n) is 24.7. The molecule has 2 unspecified atom stereocenters. The van der Waals surface area contributed by atoms with Crippen LogP contribution >= 0.6 is 0 Å². The molecule has 0 saturated carbocycles. The molecular weight excluding hydrogens is 492 g/mol. The second-order valence-electron chi connectivity index (χ2n) is 11.2.